The quantitative estimate of drug-likeness (QED) is 0.280. The summed E-state index contributed by atoms with van der Waals surface area (Å²) in [5.74, 6) is -0.323. The highest BCUT2D eigenvalue weighted by Gasteiger charge is 2.34. The molecule has 0 bridgehead atoms. The Labute approximate surface area is 214 Å². The Hall–Kier alpha value is -3.86. The number of nitrogens with one attached hydrogen (secondary N) is 1. The van der Waals surface area contributed by atoms with Crippen molar-refractivity contribution in [2.45, 2.75) is 46.4 Å². The van der Waals surface area contributed by atoms with Crippen LogP contribution in [0.1, 0.15) is 68.1 Å². The first-order chi connectivity index (χ1) is 17.3. The van der Waals surface area contributed by atoms with Gasteiger partial charge in [-0.3, -0.25) is 9.59 Å². The van der Waals surface area contributed by atoms with Crippen LogP contribution in [0.25, 0.3) is 10.2 Å². The van der Waals surface area contributed by atoms with Crippen LogP contribution >= 0.6 is 11.3 Å². The molecule has 0 aliphatic rings. The number of fused-ring (bicyclic) bond motifs is 1. The van der Waals surface area contributed by atoms with E-state index < -0.39 is 23.7 Å². The Kier molecular flexibility index (Phi) is 7.00. The summed E-state index contributed by atoms with van der Waals surface area (Å²) in [6.07, 6.45) is -4.67. The lowest BCUT2D eigenvalue weighted by molar-refractivity contribution is -0.141. The van der Waals surface area contributed by atoms with Crippen LogP contribution in [0.5, 0.6) is 5.75 Å². The number of rotatable bonds is 7. The number of primary amides is 1. The average molecular weight is 532 g/mol. The summed E-state index contributed by atoms with van der Waals surface area (Å²) in [5.41, 5.74) is 6.60. The fourth-order valence-corrected chi connectivity index (χ4v) is 4.92. The third-order valence-corrected chi connectivity index (χ3v) is 6.76. The molecule has 3 aromatic heterocycles. The molecule has 3 heterocycles. The Morgan fingerprint density at radius 3 is 2.54 bits per heavy atom. The van der Waals surface area contributed by atoms with E-state index in [9.17, 15) is 22.8 Å². The van der Waals surface area contributed by atoms with Gasteiger partial charge in [0.05, 0.1) is 5.69 Å². The monoisotopic (exact) mass is 531 g/mol. The molecule has 11 heteroatoms. The molecular formula is C26H24F3N3O4S. The largest absolute Gasteiger partial charge is 0.485 e. The first-order valence-electron chi connectivity index (χ1n) is 11.3. The van der Waals surface area contributed by atoms with E-state index in [4.69, 9.17) is 14.9 Å². The molecule has 194 valence electrons. The lowest BCUT2D eigenvalue weighted by atomic mass is 10.0. The summed E-state index contributed by atoms with van der Waals surface area (Å²) in [6.45, 7) is 7.59. The number of aryl methyl sites for hydroxylation is 2. The maximum absolute atomic E-state index is 13.2. The van der Waals surface area contributed by atoms with E-state index in [1.807, 2.05) is 25.1 Å². The molecular weight excluding hydrogens is 507 g/mol. The van der Waals surface area contributed by atoms with Crippen molar-refractivity contribution in [1.82, 2.24) is 4.98 Å². The van der Waals surface area contributed by atoms with Crippen molar-refractivity contribution >= 4 is 39.1 Å². The maximum Gasteiger partial charge on any atom is 0.433 e. The highest BCUT2D eigenvalue weighted by molar-refractivity contribution is 7.21. The molecule has 0 fully saturated rings. The van der Waals surface area contributed by atoms with Crippen LogP contribution in [0, 0.1) is 13.8 Å². The highest BCUT2D eigenvalue weighted by atomic mass is 32.1. The van der Waals surface area contributed by atoms with Crippen LogP contribution in [-0.4, -0.2) is 16.8 Å². The van der Waals surface area contributed by atoms with Gasteiger partial charge in [-0.1, -0.05) is 26.0 Å². The molecule has 7 nitrogen and oxygen atoms in total. The first kappa shape index (κ1) is 26.2. The number of hydrogen-bond donors (Lipinski definition) is 2. The lowest BCUT2D eigenvalue weighted by Crippen LogP contribution is -2.16. The summed E-state index contributed by atoms with van der Waals surface area (Å²) in [6, 6.07) is 9.83. The van der Waals surface area contributed by atoms with Crippen LogP contribution in [0.2, 0.25) is 0 Å². The zero-order chi connectivity index (χ0) is 27.1. The van der Waals surface area contributed by atoms with Crippen molar-refractivity contribution in [3.05, 3.63) is 75.2 Å². The van der Waals surface area contributed by atoms with Gasteiger partial charge in [0, 0.05) is 5.39 Å². The minimum absolute atomic E-state index is 0.00763. The van der Waals surface area contributed by atoms with Crippen LogP contribution in [-0.2, 0) is 12.8 Å². The second-order valence-corrected chi connectivity index (χ2v) is 9.88. The van der Waals surface area contributed by atoms with E-state index in [0.717, 1.165) is 22.9 Å². The number of anilines is 1. The number of ether oxygens (including phenoxy) is 1. The van der Waals surface area contributed by atoms with Crippen molar-refractivity contribution < 1.29 is 31.9 Å². The molecule has 0 saturated heterocycles. The number of carbonyl (C=O) groups excluding carboxylic acids is 2. The van der Waals surface area contributed by atoms with Gasteiger partial charge in [-0.2, -0.15) is 13.2 Å². The van der Waals surface area contributed by atoms with Gasteiger partial charge in [0.25, 0.3) is 11.8 Å². The molecule has 0 radical (unpaired) electrons. The van der Waals surface area contributed by atoms with E-state index in [0.29, 0.717) is 17.1 Å². The van der Waals surface area contributed by atoms with Gasteiger partial charge in [0.2, 0.25) is 0 Å². The molecule has 3 N–H and O–H groups in total. The molecule has 2 amide bonds. The van der Waals surface area contributed by atoms with Crippen LogP contribution in [0.4, 0.5) is 18.9 Å². The number of hydrogen-bond acceptors (Lipinski definition) is 6. The van der Waals surface area contributed by atoms with Crippen LogP contribution in [0.3, 0.4) is 0 Å². The molecule has 0 spiro atoms. The van der Waals surface area contributed by atoms with Gasteiger partial charge in [-0.05, 0) is 60.7 Å². The summed E-state index contributed by atoms with van der Waals surface area (Å²) in [5, 5.41) is 2.77. The maximum atomic E-state index is 13.2. The number of furan rings is 1. The summed E-state index contributed by atoms with van der Waals surface area (Å²) in [4.78, 5) is 28.4. The predicted molar refractivity (Wildman–Crippen MR) is 134 cm³/mol. The molecule has 4 rings (SSSR count). The number of nitrogens with two attached hydrogens (primary N) is 1. The predicted octanol–water partition coefficient (Wildman–Crippen LogP) is 6.58. The zero-order valence-electron chi connectivity index (χ0n) is 20.4. The van der Waals surface area contributed by atoms with Gasteiger partial charge in [0.1, 0.15) is 33.5 Å². The molecule has 0 atom stereocenters. The molecule has 0 saturated carbocycles. The molecule has 37 heavy (non-hydrogen) atoms. The fraction of sp³-hybridized carbons (Fsp3) is 0.269. The van der Waals surface area contributed by atoms with Crippen molar-refractivity contribution in [3.63, 3.8) is 0 Å². The third-order valence-electron chi connectivity index (χ3n) is 5.66. The minimum Gasteiger partial charge on any atom is -0.485 e. The first-order valence-corrected chi connectivity index (χ1v) is 12.1. The Balaban J connectivity index is 1.58. The summed E-state index contributed by atoms with van der Waals surface area (Å²) in [7, 11) is 0. The fourth-order valence-electron chi connectivity index (χ4n) is 3.87. The molecule has 0 aliphatic heterocycles. The number of halogens is 3. The van der Waals surface area contributed by atoms with Crippen molar-refractivity contribution in [2.75, 3.05) is 5.32 Å². The van der Waals surface area contributed by atoms with E-state index in [-0.39, 0.29) is 44.6 Å². The van der Waals surface area contributed by atoms with Gasteiger partial charge >= 0.3 is 6.18 Å². The lowest BCUT2D eigenvalue weighted by Gasteiger charge is -2.14. The van der Waals surface area contributed by atoms with E-state index in [1.54, 1.807) is 6.07 Å². The minimum atomic E-state index is -4.67. The van der Waals surface area contributed by atoms with Gasteiger partial charge in [-0.15, -0.1) is 11.3 Å². The molecule has 0 aliphatic carbocycles. The number of aromatic nitrogens is 1. The Bertz CT molecular complexity index is 1500. The van der Waals surface area contributed by atoms with E-state index >= 15 is 0 Å². The average Bonchev–Trinajstić information content (AvgIpc) is 3.42. The Morgan fingerprint density at radius 2 is 1.89 bits per heavy atom. The second kappa shape index (κ2) is 9.89. The normalized spacial score (nSPS) is 11.8. The number of alkyl halides is 3. The molecule has 1 aromatic carbocycles. The van der Waals surface area contributed by atoms with Crippen molar-refractivity contribution in [2.24, 2.45) is 5.73 Å². The van der Waals surface area contributed by atoms with Crippen molar-refractivity contribution in [3.8, 4) is 5.75 Å². The van der Waals surface area contributed by atoms with E-state index in [1.165, 1.54) is 13.0 Å². The van der Waals surface area contributed by atoms with Gasteiger partial charge in [0.15, 0.2) is 5.76 Å². The third kappa shape index (κ3) is 5.46. The van der Waals surface area contributed by atoms with Crippen molar-refractivity contribution in [1.29, 1.82) is 0 Å². The number of pyridine rings is 1. The summed E-state index contributed by atoms with van der Waals surface area (Å²) < 4.78 is 51.2. The van der Waals surface area contributed by atoms with Gasteiger partial charge in [-0.25, -0.2) is 4.98 Å². The highest BCUT2D eigenvalue weighted by Crippen LogP contribution is 2.40. The number of benzene rings is 1. The van der Waals surface area contributed by atoms with E-state index in [2.05, 4.69) is 24.1 Å². The molecule has 4 aromatic rings. The Morgan fingerprint density at radius 1 is 1.16 bits per heavy atom. The second-order valence-electron chi connectivity index (χ2n) is 8.88. The molecule has 0 unspecified atom stereocenters. The number of thiophene rings is 1. The smallest absolute Gasteiger partial charge is 0.433 e. The topological polar surface area (TPSA) is 107 Å². The SMILES string of the molecule is Cc1ccc(C(C)C)c(OCc2ccc(C(=O)Nc3c(C(N)=O)sc4nc(C(F)(F)F)cc(C)c34)o2)c1. The number of carbonyl (C=O) groups is 2. The van der Waals surface area contributed by atoms with Crippen LogP contribution < -0.4 is 15.8 Å². The summed E-state index contributed by atoms with van der Waals surface area (Å²) >= 11 is 0.678. The number of nitrogens with zero attached hydrogens (tertiary/aromatic N) is 1. The standard InChI is InChI=1S/C26H24F3N3O4S/c1-12(2)16-7-5-13(3)9-18(16)35-11-15-6-8-17(36-15)24(34)32-21-20-14(4)10-19(26(27,28)29)31-25(20)37-22(21)23(30)33/h5-10,12H,11H2,1-4H3,(H2,30,33)(H,32,34). The van der Waals surface area contributed by atoms with Gasteiger partial charge < -0.3 is 20.2 Å². The zero-order valence-corrected chi connectivity index (χ0v) is 21.3. The van der Waals surface area contributed by atoms with Crippen LogP contribution in [0.15, 0.2) is 40.8 Å². The number of amides is 2.